The summed E-state index contributed by atoms with van der Waals surface area (Å²) in [4.78, 5) is 12.8. The van der Waals surface area contributed by atoms with Crippen LogP contribution in [0.1, 0.15) is 16.2 Å². The van der Waals surface area contributed by atoms with Crippen LogP contribution >= 0.6 is 0 Å². The zero-order valence-corrected chi connectivity index (χ0v) is 13.9. The number of amides is 1. The Hall–Kier alpha value is -3.81. The van der Waals surface area contributed by atoms with E-state index in [1.807, 2.05) is 55.5 Å². The van der Waals surface area contributed by atoms with Crippen LogP contribution in [0.5, 0.6) is 0 Å². The number of aromatic nitrogens is 6. The number of rotatable bonds is 4. The number of nitrogens with zero attached hydrogens (tertiary/aromatic N) is 6. The van der Waals surface area contributed by atoms with E-state index in [2.05, 4.69) is 25.9 Å². The molecule has 8 nitrogen and oxygen atoms in total. The second kappa shape index (κ2) is 6.60. The molecule has 4 rings (SSSR count). The van der Waals surface area contributed by atoms with E-state index >= 15 is 0 Å². The fourth-order valence-electron chi connectivity index (χ4n) is 2.66. The third kappa shape index (κ3) is 2.95. The molecule has 0 atom stereocenters. The molecule has 0 aliphatic rings. The van der Waals surface area contributed by atoms with E-state index in [1.165, 1.54) is 0 Å². The summed E-state index contributed by atoms with van der Waals surface area (Å²) in [5, 5.41) is 18.6. The first-order valence-corrected chi connectivity index (χ1v) is 7.98. The molecule has 2 heterocycles. The largest absolute Gasteiger partial charge is 0.322 e. The zero-order valence-electron chi connectivity index (χ0n) is 13.9. The minimum atomic E-state index is -0.221. The van der Waals surface area contributed by atoms with Crippen LogP contribution in [0.2, 0.25) is 0 Å². The minimum absolute atomic E-state index is 0.221. The molecular formula is C18H15N7O. The highest BCUT2D eigenvalue weighted by molar-refractivity contribution is 6.06. The van der Waals surface area contributed by atoms with Crippen LogP contribution in [0.15, 0.2) is 67.0 Å². The number of hydrogen-bond acceptors (Lipinski definition) is 5. The zero-order chi connectivity index (χ0) is 17.9. The molecule has 26 heavy (non-hydrogen) atoms. The first-order chi connectivity index (χ1) is 12.7. The lowest BCUT2D eigenvalue weighted by atomic mass is 10.1. The fraction of sp³-hybridized carbons (Fsp3) is 0.0556. The van der Waals surface area contributed by atoms with Gasteiger partial charge in [0.25, 0.3) is 5.91 Å². The summed E-state index contributed by atoms with van der Waals surface area (Å²) < 4.78 is 3.27. The van der Waals surface area contributed by atoms with Crippen molar-refractivity contribution in [1.29, 1.82) is 0 Å². The Bertz CT molecular complexity index is 1050. The van der Waals surface area contributed by atoms with Crippen LogP contribution in [0, 0.1) is 6.92 Å². The van der Waals surface area contributed by atoms with Gasteiger partial charge in [-0.2, -0.15) is 9.78 Å². The maximum absolute atomic E-state index is 12.8. The van der Waals surface area contributed by atoms with Crippen LogP contribution in [-0.4, -0.2) is 35.9 Å². The third-order valence-electron chi connectivity index (χ3n) is 3.87. The van der Waals surface area contributed by atoms with Crippen molar-refractivity contribution in [3.05, 3.63) is 78.4 Å². The molecule has 4 aromatic rings. The van der Waals surface area contributed by atoms with E-state index < -0.39 is 0 Å². The average Bonchev–Trinajstić information content (AvgIpc) is 3.33. The van der Waals surface area contributed by atoms with Crippen molar-refractivity contribution in [1.82, 2.24) is 30.0 Å². The lowest BCUT2D eigenvalue weighted by Gasteiger charge is -2.11. The van der Waals surface area contributed by atoms with Crippen molar-refractivity contribution >= 4 is 11.6 Å². The minimum Gasteiger partial charge on any atom is -0.322 e. The molecule has 0 radical (unpaired) electrons. The van der Waals surface area contributed by atoms with Crippen LogP contribution in [0.4, 0.5) is 5.69 Å². The van der Waals surface area contributed by atoms with E-state index in [1.54, 1.807) is 27.8 Å². The normalized spacial score (nSPS) is 10.7. The molecule has 1 N–H and O–H groups in total. The molecule has 128 valence electrons. The Labute approximate surface area is 149 Å². The predicted octanol–water partition coefficient (Wildman–Crippen LogP) is 2.41. The molecule has 0 fully saturated rings. The van der Waals surface area contributed by atoms with Crippen LogP contribution in [-0.2, 0) is 0 Å². The average molecular weight is 345 g/mol. The number of benzene rings is 2. The summed E-state index contributed by atoms with van der Waals surface area (Å²) in [5.41, 5.74) is 2.66. The summed E-state index contributed by atoms with van der Waals surface area (Å²) >= 11 is 0. The van der Waals surface area contributed by atoms with Crippen molar-refractivity contribution in [2.75, 3.05) is 5.32 Å². The molecule has 0 spiro atoms. The summed E-state index contributed by atoms with van der Waals surface area (Å²) in [5.74, 6) is 0.444. The van der Waals surface area contributed by atoms with Gasteiger partial charge in [0.1, 0.15) is 0 Å². The van der Waals surface area contributed by atoms with Crippen molar-refractivity contribution in [2.24, 2.45) is 0 Å². The number of para-hydroxylation sites is 1. The second-order valence-corrected chi connectivity index (χ2v) is 5.61. The van der Waals surface area contributed by atoms with Crippen molar-refractivity contribution < 1.29 is 4.79 Å². The maximum Gasteiger partial charge on any atom is 0.257 e. The maximum atomic E-state index is 12.8. The first kappa shape index (κ1) is 15.7. The number of nitrogens with one attached hydrogen (secondary N) is 1. The smallest absolute Gasteiger partial charge is 0.257 e. The highest BCUT2D eigenvalue weighted by Crippen LogP contribution is 2.18. The van der Waals surface area contributed by atoms with Gasteiger partial charge in [-0.25, -0.2) is 4.68 Å². The van der Waals surface area contributed by atoms with E-state index in [-0.39, 0.29) is 5.91 Å². The van der Waals surface area contributed by atoms with E-state index in [0.29, 0.717) is 22.8 Å². The summed E-state index contributed by atoms with van der Waals surface area (Å²) in [6.45, 7) is 1.81. The van der Waals surface area contributed by atoms with Crippen molar-refractivity contribution in [2.45, 2.75) is 6.92 Å². The highest BCUT2D eigenvalue weighted by atomic mass is 16.1. The molecule has 2 aromatic heterocycles. The van der Waals surface area contributed by atoms with Crippen molar-refractivity contribution in [3.63, 3.8) is 0 Å². The molecule has 0 aliphatic heterocycles. The van der Waals surface area contributed by atoms with Gasteiger partial charge in [0, 0.05) is 18.1 Å². The van der Waals surface area contributed by atoms with E-state index in [4.69, 9.17) is 0 Å². The monoisotopic (exact) mass is 345 g/mol. The lowest BCUT2D eigenvalue weighted by Crippen LogP contribution is -2.15. The quantitative estimate of drug-likeness (QED) is 0.613. The summed E-state index contributed by atoms with van der Waals surface area (Å²) in [7, 11) is 0. The molecule has 0 unspecified atom stereocenters. The summed E-state index contributed by atoms with van der Waals surface area (Å²) in [6.07, 6.45) is 3.47. The number of tetrazole rings is 1. The van der Waals surface area contributed by atoms with Crippen LogP contribution in [0.25, 0.3) is 11.4 Å². The van der Waals surface area contributed by atoms with Gasteiger partial charge in [-0.3, -0.25) is 4.79 Å². The van der Waals surface area contributed by atoms with E-state index in [9.17, 15) is 4.79 Å². The fourth-order valence-corrected chi connectivity index (χ4v) is 2.66. The molecule has 8 heteroatoms. The molecular weight excluding hydrogens is 330 g/mol. The number of anilines is 1. The number of hydrogen-bond donors (Lipinski definition) is 1. The van der Waals surface area contributed by atoms with Gasteiger partial charge in [0.05, 0.1) is 16.9 Å². The van der Waals surface area contributed by atoms with Gasteiger partial charge in [-0.05, 0) is 53.7 Å². The molecule has 0 saturated heterocycles. The highest BCUT2D eigenvalue weighted by Gasteiger charge is 2.13. The molecule has 0 saturated carbocycles. The topological polar surface area (TPSA) is 90.5 Å². The summed E-state index contributed by atoms with van der Waals surface area (Å²) in [6, 6.07) is 16.5. The number of carbonyl (C=O) groups excluding carboxylic acids is 1. The van der Waals surface area contributed by atoms with Gasteiger partial charge < -0.3 is 5.32 Å². The van der Waals surface area contributed by atoms with Crippen LogP contribution in [0.3, 0.4) is 0 Å². The Kier molecular flexibility index (Phi) is 3.98. The van der Waals surface area contributed by atoms with Crippen molar-refractivity contribution in [3.8, 4) is 11.4 Å². The van der Waals surface area contributed by atoms with Gasteiger partial charge >= 0.3 is 0 Å². The standard InChI is InChI=1S/C18H15N7O/c1-13-21-22-23-25(13)15-7-4-6-14(12-15)20-18(26)16-8-2-3-9-17(16)24-11-5-10-19-24/h2-12H,1H3,(H,20,26). The number of aryl methyl sites for hydroxylation is 1. The van der Waals surface area contributed by atoms with Gasteiger partial charge in [-0.15, -0.1) is 5.10 Å². The number of carbonyl (C=O) groups is 1. The Morgan fingerprint density at radius 2 is 1.96 bits per heavy atom. The SMILES string of the molecule is Cc1nnnn1-c1cccc(NC(=O)c2ccccc2-n2cccn2)c1. The molecule has 0 bridgehead atoms. The second-order valence-electron chi connectivity index (χ2n) is 5.61. The lowest BCUT2D eigenvalue weighted by molar-refractivity contribution is 0.102. The molecule has 0 aliphatic carbocycles. The predicted molar refractivity (Wildman–Crippen MR) is 95.4 cm³/mol. The first-order valence-electron chi connectivity index (χ1n) is 7.98. The Balaban J connectivity index is 1.63. The molecule has 2 aromatic carbocycles. The van der Waals surface area contributed by atoms with E-state index in [0.717, 1.165) is 5.69 Å². The van der Waals surface area contributed by atoms with Gasteiger partial charge in [-0.1, -0.05) is 18.2 Å². The Morgan fingerprint density at radius 1 is 1.08 bits per heavy atom. The third-order valence-corrected chi connectivity index (χ3v) is 3.87. The van der Waals surface area contributed by atoms with Gasteiger partial charge in [0.15, 0.2) is 5.82 Å². The Morgan fingerprint density at radius 3 is 2.73 bits per heavy atom. The van der Waals surface area contributed by atoms with Gasteiger partial charge in [0.2, 0.25) is 0 Å². The molecule has 1 amide bonds. The van der Waals surface area contributed by atoms with Crippen LogP contribution < -0.4 is 5.32 Å².